The van der Waals surface area contributed by atoms with Crippen LogP contribution >= 0.6 is 0 Å². The number of H-pyrrole nitrogens is 2. The van der Waals surface area contributed by atoms with Gasteiger partial charge in [-0.2, -0.15) is 0 Å². The molecule has 4 rings (SSSR count). The minimum Gasteiger partial charge on any atom is -0.399 e. The van der Waals surface area contributed by atoms with Crippen LogP contribution in [0.15, 0.2) is 58.3 Å². The van der Waals surface area contributed by atoms with E-state index in [-0.39, 0.29) is 5.56 Å². The second-order valence-corrected chi connectivity index (χ2v) is 6.49. The summed E-state index contributed by atoms with van der Waals surface area (Å²) in [6, 6.07) is 15.8. The molecule has 1 aliphatic rings. The molecule has 0 amide bonds. The Morgan fingerprint density at radius 3 is 2.62 bits per heavy atom. The number of aryl methyl sites for hydroxylation is 2. The van der Waals surface area contributed by atoms with Crippen molar-refractivity contribution < 1.29 is 0 Å². The highest BCUT2D eigenvalue weighted by Gasteiger charge is 2.18. The van der Waals surface area contributed by atoms with Crippen LogP contribution in [0.25, 0.3) is 11.6 Å². The topological polar surface area (TPSA) is 87.0 Å². The summed E-state index contributed by atoms with van der Waals surface area (Å²) in [6.07, 6.45) is 3.51. The van der Waals surface area contributed by atoms with Crippen LogP contribution in [0.5, 0.6) is 0 Å². The second-order valence-electron chi connectivity index (χ2n) is 6.49. The van der Waals surface area contributed by atoms with Crippen LogP contribution in [-0.2, 0) is 12.8 Å². The number of aliphatic imine (C=N–C) groups is 1. The predicted molar refractivity (Wildman–Crippen MR) is 107 cm³/mol. The van der Waals surface area contributed by atoms with Gasteiger partial charge in [0.1, 0.15) is 0 Å². The van der Waals surface area contributed by atoms with Gasteiger partial charge in [0, 0.05) is 28.2 Å². The number of nitrogens with two attached hydrogens (primary N) is 1. The van der Waals surface area contributed by atoms with Crippen molar-refractivity contribution in [3.63, 3.8) is 0 Å². The molecule has 0 spiro atoms. The molecule has 0 aliphatic carbocycles. The zero-order valence-corrected chi connectivity index (χ0v) is 14.5. The standard InChI is InChI=1S/C21H20N4O/c1-13-17(16-4-2-3-5-19(16)23-13)12-18-20(24-25-21(18)26)11-8-14-6-9-15(22)10-7-14/h2-7,9-10,12H,8,11,22H2,1H3,(H2,24,25,26). The van der Waals surface area contributed by atoms with E-state index in [1.165, 1.54) is 5.56 Å². The molecule has 0 radical (unpaired) electrons. The van der Waals surface area contributed by atoms with E-state index in [2.05, 4.69) is 15.2 Å². The van der Waals surface area contributed by atoms with Gasteiger partial charge in [0.05, 0.1) is 11.3 Å². The Bertz CT molecular complexity index is 1070. The van der Waals surface area contributed by atoms with E-state index in [9.17, 15) is 4.79 Å². The molecule has 1 aliphatic heterocycles. The van der Waals surface area contributed by atoms with Crippen LogP contribution in [0.3, 0.4) is 0 Å². The lowest BCUT2D eigenvalue weighted by molar-refractivity contribution is 0.889. The van der Waals surface area contributed by atoms with Gasteiger partial charge in [0.25, 0.3) is 5.56 Å². The zero-order chi connectivity index (χ0) is 18.1. The molecule has 1 aromatic heterocycles. The number of aromatic nitrogens is 2. The summed E-state index contributed by atoms with van der Waals surface area (Å²) in [5, 5.41) is 5.73. The van der Waals surface area contributed by atoms with Crippen LogP contribution < -0.4 is 11.3 Å². The normalized spacial score (nSPS) is 14.5. The predicted octanol–water partition coefficient (Wildman–Crippen LogP) is 3.72. The van der Waals surface area contributed by atoms with E-state index in [4.69, 9.17) is 5.73 Å². The van der Waals surface area contributed by atoms with Gasteiger partial charge < -0.3 is 10.8 Å². The molecule has 2 heterocycles. The largest absolute Gasteiger partial charge is 0.399 e. The smallest absolute Gasteiger partial charge is 0.271 e. The highest BCUT2D eigenvalue weighted by Crippen LogP contribution is 2.35. The molecule has 0 unspecified atom stereocenters. The molecule has 130 valence electrons. The Balaban J connectivity index is 1.64. The average molecular weight is 344 g/mol. The fraction of sp³-hybridized carbons (Fsp3) is 0.143. The molecule has 0 saturated carbocycles. The Morgan fingerprint density at radius 2 is 1.81 bits per heavy atom. The lowest BCUT2D eigenvalue weighted by Crippen LogP contribution is -2.04. The van der Waals surface area contributed by atoms with Gasteiger partial charge >= 0.3 is 0 Å². The third kappa shape index (κ3) is 2.99. The number of anilines is 1. The molecule has 0 saturated heterocycles. The van der Waals surface area contributed by atoms with Gasteiger partial charge in [-0.1, -0.05) is 30.3 Å². The summed E-state index contributed by atoms with van der Waals surface area (Å²) in [5.74, 6) is 0. The Morgan fingerprint density at radius 1 is 1.04 bits per heavy atom. The molecule has 26 heavy (non-hydrogen) atoms. The summed E-state index contributed by atoms with van der Waals surface area (Å²) in [6.45, 7) is 1.97. The highest BCUT2D eigenvalue weighted by atomic mass is 16.1. The quantitative estimate of drug-likeness (QED) is 0.630. The Kier molecular flexibility index (Phi) is 4.05. The number of nitrogens with zero attached hydrogens (tertiary/aromatic N) is 1. The van der Waals surface area contributed by atoms with Gasteiger partial charge in [-0.3, -0.25) is 14.9 Å². The number of hydrogen-bond acceptors (Lipinski definition) is 3. The van der Waals surface area contributed by atoms with E-state index in [0.29, 0.717) is 5.56 Å². The monoisotopic (exact) mass is 344 g/mol. The SMILES string of the molecule is CC1=Nc2ccccc2C1=Cc1c(CCc2ccc(N)cc2)[nH][nH]c1=O. The van der Waals surface area contributed by atoms with Crippen LogP contribution in [0, 0.1) is 0 Å². The number of aromatic amines is 2. The van der Waals surface area contributed by atoms with Crippen LogP contribution in [0.1, 0.15) is 29.3 Å². The fourth-order valence-electron chi connectivity index (χ4n) is 3.27. The maximum Gasteiger partial charge on any atom is 0.271 e. The molecule has 0 bridgehead atoms. The fourth-order valence-corrected chi connectivity index (χ4v) is 3.27. The van der Waals surface area contributed by atoms with Gasteiger partial charge in [-0.05, 0) is 49.6 Å². The summed E-state index contributed by atoms with van der Waals surface area (Å²) in [5.41, 5.74) is 13.1. The molecule has 5 heteroatoms. The first-order valence-electron chi connectivity index (χ1n) is 8.62. The Labute approximate surface area is 151 Å². The third-order valence-corrected chi connectivity index (χ3v) is 4.70. The lowest BCUT2D eigenvalue weighted by atomic mass is 9.99. The molecule has 0 fully saturated rings. The first-order valence-corrected chi connectivity index (χ1v) is 8.62. The van der Waals surface area contributed by atoms with E-state index in [0.717, 1.165) is 46.8 Å². The zero-order valence-electron chi connectivity index (χ0n) is 14.5. The van der Waals surface area contributed by atoms with Crippen molar-refractivity contribution in [1.29, 1.82) is 0 Å². The van der Waals surface area contributed by atoms with E-state index >= 15 is 0 Å². The van der Waals surface area contributed by atoms with E-state index in [1.54, 1.807) is 0 Å². The van der Waals surface area contributed by atoms with Crippen LogP contribution in [0.2, 0.25) is 0 Å². The number of hydrogen-bond donors (Lipinski definition) is 3. The van der Waals surface area contributed by atoms with Crippen molar-refractivity contribution in [1.82, 2.24) is 10.2 Å². The van der Waals surface area contributed by atoms with Crippen molar-refractivity contribution in [2.24, 2.45) is 4.99 Å². The summed E-state index contributed by atoms with van der Waals surface area (Å²) in [4.78, 5) is 16.9. The molecular formula is C21H20N4O. The van der Waals surface area contributed by atoms with Crippen molar-refractivity contribution in [2.75, 3.05) is 5.73 Å². The van der Waals surface area contributed by atoms with E-state index in [1.807, 2.05) is 61.5 Å². The number of benzene rings is 2. The number of nitrogen functional groups attached to an aromatic ring is 1. The number of nitrogens with one attached hydrogen (secondary N) is 2. The molecule has 4 N–H and O–H groups in total. The number of fused-ring (bicyclic) bond motifs is 1. The average Bonchev–Trinajstić information content (AvgIpc) is 3.15. The van der Waals surface area contributed by atoms with Gasteiger partial charge in [-0.25, -0.2) is 0 Å². The Hall–Kier alpha value is -3.34. The lowest BCUT2D eigenvalue weighted by Gasteiger charge is -2.04. The third-order valence-electron chi connectivity index (χ3n) is 4.70. The van der Waals surface area contributed by atoms with E-state index < -0.39 is 0 Å². The van der Waals surface area contributed by atoms with Crippen molar-refractivity contribution in [3.8, 4) is 0 Å². The summed E-state index contributed by atoms with van der Waals surface area (Å²) < 4.78 is 0. The van der Waals surface area contributed by atoms with Gasteiger partial charge in [0.15, 0.2) is 0 Å². The molecule has 2 aromatic carbocycles. The number of rotatable bonds is 4. The molecular weight excluding hydrogens is 324 g/mol. The van der Waals surface area contributed by atoms with Crippen molar-refractivity contribution in [3.05, 3.63) is 81.3 Å². The van der Waals surface area contributed by atoms with Gasteiger partial charge in [0.2, 0.25) is 0 Å². The van der Waals surface area contributed by atoms with Gasteiger partial charge in [-0.15, -0.1) is 0 Å². The number of allylic oxidation sites excluding steroid dienone is 1. The molecule has 3 aromatic rings. The minimum atomic E-state index is -0.109. The van der Waals surface area contributed by atoms with Crippen molar-refractivity contribution >= 4 is 28.7 Å². The minimum absolute atomic E-state index is 0.109. The first kappa shape index (κ1) is 16.1. The van der Waals surface area contributed by atoms with Crippen LogP contribution in [-0.4, -0.2) is 15.9 Å². The maximum atomic E-state index is 12.3. The molecule has 0 atom stereocenters. The van der Waals surface area contributed by atoms with Crippen molar-refractivity contribution in [2.45, 2.75) is 19.8 Å². The maximum absolute atomic E-state index is 12.3. The number of para-hydroxylation sites is 1. The first-order chi connectivity index (χ1) is 12.6. The summed E-state index contributed by atoms with van der Waals surface area (Å²) >= 11 is 0. The van der Waals surface area contributed by atoms with Crippen LogP contribution in [0.4, 0.5) is 11.4 Å². The molecule has 5 nitrogen and oxygen atoms in total. The summed E-state index contributed by atoms with van der Waals surface area (Å²) in [7, 11) is 0. The highest BCUT2D eigenvalue weighted by molar-refractivity contribution is 6.31. The second kappa shape index (κ2) is 6.52.